The van der Waals surface area contributed by atoms with Crippen LogP contribution in [0.2, 0.25) is 0 Å². The predicted molar refractivity (Wildman–Crippen MR) is 80.4 cm³/mol. The molecule has 1 aromatic heterocycles. The van der Waals surface area contributed by atoms with Crippen molar-refractivity contribution in [3.05, 3.63) is 36.5 Å². The number of aromatic nitrogens is 1. The van der Waals surface area contributed by atoms with Crippen LogP contribution in [0.4, 0.5) is 5.69 Å². The summed E-state index contributed by atoms with van der Waals surface area (Å²) in [5.41, 5.74) is 1.28. The molecular weight excluding hydrogens is 292 g/mol. The Morgan fingerprint density at radius 1 is 1.33 bits per heavy atom. The number of hydrogen-bond donors (Lipinski definition) is 1. The summed E-state index contributed by atoms with van der Waals surface area (Å²) < 4.78 is 30.8. The number of rotatable bonds is 6. The molecule has 0 aliphatic carbocycles. The third-order valence-corrected chi connectivity index (χ3v) is 4.27. The lowest BCUT2D eigenvalue weighted by Crippen LogP contribution is -2.17. The third kappa shape index (κ3) is 4.42. The molecule has 1 N–H and O–H groups in total. The fourth-order valence-corrected chi connectivity index (χ4v) is 2.99. The zero-order chi connectivity index (χ0) is 15.3. The van der Waals surface area contributed by atoms with Gasteiger partial charge in [0.25, 0.3) is 0 Å². The Morgan fingerprint density at radius 3 is 2.90 bits per heavy atom. The molecule has 112 valence electrons. The van der Waals surface area contributed by atoms with Gasteiger partial charge in [0, 0.05) is 23.7 Å². The fraction of sp³-hybridized carbons (Fsp3) is 0.286. The minimum atomic E-state index is -3.49. The number of hydrogen-bond acceptors (Lipinski definition) is 5. The maximum atomic E-state index is 11.9. The minimum Gasteiger partial charge on any atom is -0.469 e. The van der Waals surface area contributed by atoms with Gasteiger partial charge >= 0.3 is 5.97 Å². The zero-order valence-electron chi connectivity index (χ0n) is 11.6. The molecule has 0 aliphatic heterocycles. The number of fused-ring (bicyclic) bond motifs is 1. The number of methoxy groups -OCH3 is 1. The number of sulfonamides is 1. The Morgan fingerprint density at radius 2 is 2.14 bits per heavy atom. The number of anilines is 1. The molecule has 0 bridgehead atoms. The average Bonchev–Trinajstić information content (AvgIpc) is 2.46. The smallest absolute Gasteiger partial charge is 0.305 e. The summed E-state index contributed by atoms with van der Waals surface area (Å²) in [6, 6.07) is 8.78. The van der Waals surface area contributed by atoms with Crippen molar-refractivity contribution >= 4 is 32.6 Å². The van der Waals surface area contributed by atoms with Crippen molar-refractivity contribution in [2.75, 3.05) is 17.6 Å². The van der Waals surface area contributed by atoms with Crippen LogP contribution in [0.15, 0.2) is 36.5 Å². The molecule has 2 rings (SSSR count). The van der Waals surface area contributed by atoms with Gasteiger partial charge in [0.05, 0.1) is 18.4 Å². The Hall–Kier alpha value is -2.15. The highest BCUT2D eigenvalue weighted by molar-refractivity contribution is 7.92. The van der Waals surface area contributed by atoms with Crippen LogP contribution in [0.5, 0.6) is 0 Å². The number of carbonyl (C=O) groups excluding carboxylic acids is 1. The highest BCUT2D eigenvalue weighted by atomic mass is 32.2. The van der Waals surface area contributed by atoms with E-state index in [1.165, 1.54) is 7.11 Å². The second-order valence-corrected chi connectivity index (χ2v) is 6.35. The highest BCUT2D eigenvalue weighted by Crippen LogP contribution is 2.18. The summed E-state index contributed by atoms with van der Waals surface area (Å²) in [5, 5.41) is 0.854. The van der Waals surface area contributed by atoms with Gasteiger partial charge in [-0.25, -0.2) is 8.42 Å². The molecule has 0 saturated carbocycles. The monoisotopic (exact) mass is 308 g/mol. The molecule has 0 radical (unpaired) electrons. The van der Waals surface area contributed by atoms with Crippen LogP contribution in [-0.4, -0.2) is 32.2 Å². The van der Waals surface area contributed by atoms with Gasteiger partial charge in [0.2, 0.25) is 10.0 Å². The van der Waals surface area contributed by atoms with Crippen molar-refractivity contribution in [1.82, 2.24) is 4.98 Å². The standard InChI is InChI=1S/C14H16N2O4S/c1-20-14(17)5-3-9-21(18,19)16-12-6-7-13-11(10-12)4-2-8-15-13/h2,4,6-8,10,16H,3,5,9H2,1H3. The van der Waals surface area contributed by atoms with E-state index in [1.807, 2.05) is 6.07 Å². The lowest BCUT2D eigenvalue weighted by Gasteiger charge is -2.08. The van der Waals surface area contributed by atoms with E-state index in [-0.39, 0.29) is 18.6 Å². The van der Waals surface area contributed by atoms with E-state index >= 15 is 0 Å². The summed E-state index contributed by atoms with van der Waals surface area (Å²) in [7, 11) is -2.21. The lowest BCUT2D eigenvalue weighted by molar-refractivity contribution is -0.140. The molecule has 0 spiro atoms. The van der Waals surface area contributed by atoms with E-state index < -0.39 is 16.0 Å². The Bertz CT molecular complexity index is 743. The number of nitrogens with one attached hydrogen (secondary N) is 1. The van der Waals surface area contributed by atoms with E-state index in [2.05, 4.69) is 14.4 Å². The topological polar surface area (TPSA) is 85.4 Å². The van der Waals surface area contributed by atoms with E-state index in [9.17, 15) is 13.2 Å². The number of ether oxygens (including phenoxy) is 1. The van der Waals surface area contributed by atoms with Gasteiger partial charge in [-0.05, 0) is 30.7 Å². The maximum absolute atomic E-state index is 11.9. The summed E-state index contributed by atoms with van der Waals surface area (Å²) in [4.78, 5) is 15.1. The zero-order valence-corrected chi connectivity index (χ0v) is 12.4. The van der Waals surface area contributed by atoms with Crippen LogP contribution in [-0.2, 0) is 19.6 Å². The Kier molecular flexibility index (Phi) is 4.74. The first-order chi connectivity index (χ1) is 10.00. The van der Waals surface area contributed by atoms with Crippen molar-refractivity contribution in [3.63, 3.8) is 0 Å². The normalized spacial score (nSPS) is 11.3. The van der Waals surface area contributed by atoms with Crippen molar-refractivity contribution in [1.29, 1.82) is 0 Å². The van der Waals surface area contributed by atoms with Crippen LogP contribution in [0.3, 0.4) is 0 Å². The number of esters is 1. The van der Waals surface area contributed by atoms with Crippen LogP contribution >= 0.6 is 0 Å². The van der Waals surface area contributed by atoms with E-state index in [1.54, 1.807) is 30.5 Å². The largest absolute Gasteiger partial charge is 0.469 e. The van der Waals surface area contributed by atoms with Crippen LogP contribution in [0.25, 0.3) is 10.9 Å². The van der Waals surface area contributed by atoms with Gasteiger partial charge < -0.3 is 4.74 Å². The van der Waals surface area contributed by atoms with E-state index in [4.69, 9.17) is 0 Å². The van der Waals surface area contributed by atoms with Crippen LogP contribution in [0, 0.1) is 0 Å². The van der Waals surface area contributed by atoms with Gasteiger partial charge in [-0.1, -0.05) is 6.07 Å². The molecule has 0 atom stereocenters. The summed E-state index contributed by atoms with van der Waals surface area (Å²) >= 11 is 0. The van der Waals surface area contributed by atoms with Crippen molar-refractivity contribution in [3.8, 4) is 0 Å². The quantitative estimate of drug-likeness (QED) is 0.824. The number of benzene rings is 1. The lowest BCUT2D eigenvalue weighted by atomic mass is 10.2. The molecular formula is C14H16N2O4S. The number of pyridine rings is 1. The average molecular weight is 308 g/mol. The molecule has 0 saturated heterocycles. The second kappa shape index (κ2) is 6.53. The van der Waals surface area contributed by atoms with Gasteiger partial charge in [-0.15, -0.1) is 0 Å². The van der Waals surface area contributed by atoms with Gasteiger partial charge in [-0.2, -0.15) is 0 Å². The molecule has 0 fully saturated rings. The molecule has 2 aromatic rings. The van der Waals surface area contributed by atoms with E-state index in [0.717, 1.165) is 10.9 Å². The number of nitrogens with zero attached hydrogens (tertiary/aromatic N) is 1. The van der Waals surface area contributed by atoms with Crippen molar-refractivity contribution in [2.24, 2.45) is 0 Å². The molecule has 1 heterocycles. The molecule has 0 aliphatic rings. The minimum absolute atomic E-state index is 0.0824. The first-order valence-electron chi connectivity index (χ1n) is 6.42. The van der Waals surface area contributed by atoms with Gasteiger partial charge in [-0.3, -0.25) is 14.5 Å². The molecule has 0 unspecified atom stereocenters. The van der Waals surface area contributed by atoms with Crippen LogP contribution in [0.1, 0.15) is 12.8 Å². The predicted octanol–water partition coefficient (Wildman–Crippen LogP) is 1.93. The van der Waals surface area contributed by atoms with Crippen LogP contribution < -0.4 is 4.72 Å². The Labute approximate surface area is 123 Å². The summed E-state index contributed by atoms with van der Waals surface area (Å²) in [6.07, 6.45) is 1.98. The fourth-order valence-electron chi connectivity index (χ4n) is 1.88. The van der Waals surface area contributed by atoms with Crippen molar-refractivity contribution < 1.29 is 17.9 Å². The Balaban J connectivity index is 2.02. The van der Waals surface area contributed by atoms with Gasteiger partial charge in [0.1, 0.15) is 0 Å². The molecule has 21 heavy (non-hydrogen) atoms. The van der Waals surface area contributed by atoms with Gasteiger partial charge in [0.15, 0.2) is 0 Å². The molecule has 0 amide bonds. The summed E-state index contributed by atoms with van der Waals surface area (Å²) in [5.74, 6) is -0.547. The van der Waals surface area contributed by atoms with Crippen molar-refractivity contribution in [2.45, 2.75) is 12.8 Å². The number of carbonyl (C=O) groups is 1. The first-order valence-corrected chi connectivity index (χ1v) is 8.07. The molecule has 1 aromatic carbocycles. The SMILES string of the molecule is COC(=O)CCCS(=O)(=O)Nc1ccc2ncccc2c1. The summed E-state index contributed by atoms with van der Waals surface area (Å²) in [6.45, 7) is 0. The highest BCUT2D eigenvalue weighted by Gasteiger charge is 2.12. The second-order valence-electron chi connectivity index (χ2n) is 4.51. The molecule has 6 nitrogen and oxygen atoms in total. The third-order valence-electron chi connectivity index (χ3n) is 2.90. The molecule has 7 heteroatoms. The first kappa shape index (κ1) is 15.2. The maximum Gasteiger partial charge on any atom is 0.305 e. The van der Waals surface area contributed by atoms with E-state index in [0.29, 0.717) is 5.69 Å².